The largest absolute Gasteiger partial charge is 0.384 e. The van der Waals surface area contributed by atoms with Crippen LogP contribution in [0.15, 0.2) is 30.6 Å². The number of hydrogen-bond acceptors (Lipinski definition) is 5. The van der Waals surface area contributed by atoms with Crippen LogP contribution in [0.3, 0.4) is 0 Å². The molecule has 0 atom stereocenters. The molecule has 2 rings (SSSR count). The first-order valence-electron chi connectivity index (χ1n) is 7.19. The lowest BCUT2D eigenvalue weighted by molar-refractivity contribution is 0.545. The standard InChI is InChI=1S/C16H23N5/c1-5-21(11-12-6-8-18-9-7-12)14-10-13(17)19-15(20-14)16(2,3)4/h6-10H,5,11H2,1-4H3,(H2,17,19,20). The van der Waals surface area contributed by atoms with Crippen LogP contribution in [0.1, 0.15) is 39.1 Å². The van der Waals surface area contributed by atoms with E-state index in [4.69, 9.17) is 10.7 Å². The molecule has 0 aliphatic heterocycles. The molecular weight excluding hydrogens is 262 g/mol. The molecule has 21 heavy (non-hydrogen) atoms. The Morgan fingerprint density at radius 1 is 1.14 bits per heavy atom. The third-order valence-electron chi connectivity index (χ3n) is 3.23. The van der Waals surface area contributed by atoms with E-state index in [9.17, 15) is 0 Å². The molecule has 2 N–H and O–H groups in total. The second-order valence-corrected chi connectivity index (χ2v) is 6.09. The maximum Gasteiger partial charge on any atom is 0.138 e. The van der Waals surface area contributed by atoms with E-state index in [0.717, 1.165) is 24.7 Å². The summed E-state index contributed by atoms with van der Waals surface area (Å²) in [4.78, 5) is 15.3. The van der Waals surface area contributed by atoms with E-state index in [-0.39, 0.29) is 5.41 Å². The first-order chi connectivity index (χ1) is 9.90. The molecule has 0 aliphatic rings. The molecule has 0 aromatic carbocycles. The van der Waals surface area contributed by atoms with Gasteiger partial charge in [-0.1, -0.05) is 20.8 Å². The van der Waals surface area contributed by atoms with E-state index in [1.165, 1.54) is 5.56 Å². The molecule has 2 aromatic heterocycles. The zero-order chi connectivity index (χ0) is 15.5. The summed E-state index contributed by atoms with van der Waals surface area (Å²) in [6.45, 7) is 10.00. The monoisotopic (exact) mass is 285 g/mol. The summed E-state index contributed by atoms with van der Waals surface area (Å²) in [7, 11) is 0. The van der Waals surface area contributed by atoms with Crippen molar-refractivity contribution in [1.82, 2.24) is 15.0 Å². The predicted molar refractivity (Wildman–Crippen MR) is 86.1 cm³/mol. The van der Waals surface area contributed by atoms with Gasteiger partial charge in [0.15, 0.2) is 0 Å². The number of hydrogen-bond donors (Lipinski definition) is 1. The Labute approximate surface area is 126 Å². The Hall–Kier alpha value is -2.17. The van der Waals surface area contributed by atoms with Crippen molar-refractivity contribution in [2.45, 2.75) is 39.7 Å². The topological polar surface area (TPSA) is 67.9 Å². The number of nitrogens with zero attached hydrogens (tertiary/aromatic N) is 4. The summed E-state index contributed by atoms with van der Waals surface area (Å²) in [5.41, 5.74) is 7.03. The number of nitrogen functional groups attached to an aromatic ring is 1. The van der Waals surface area contributed by atoms with Crippen LogP contribution in [0, 0.1) is 0 Å². The van der Waals surface area contributed by atoms with Gasteiger partial charge in [0.05, 0.1) is 0 Å². The zero-order valence-electron chi connectivity index (χ0n) is 13.2. The van der Waals surface area contributed by atoms with Crippen LogP contribution in [0.2, 0.25) is 0 Å². The highest BCUT2D eigenvalue weighted by atomic mass is 15.2. The molecule has 0 saturated heterocycles. The second-order valence-electron chi connectivity index (χ2n) is 6.09. The minimum Gasteiger partial charge on any atom is -0.384 e. The van der Waals surface area contributed by atoms with Crippen molar-refractivity contribution in [3.63, 3.8) is 0 Å². The molecule has 0 fully saturated rings. The summed E-state index contributed by atoms with van der Waals surface area (Å²) in [6.07, 6.45) is 3.61. The van der Waals surface area contributed by atoms with Crippen molar-refractivity contribution in [2.24, 2.45) is 0 Å². The quantitative estimate of drug-likeness (QED) is 0.935. The molecule has 0 spiro atoms. The highest BCUT2D eigenvalue weighted by molar-refractivity contribution is 5.48. The molecule has 0 bridgehead atoms. The van der Waals surface area contributed by atoms with Crippen LogP contribution < -0.4 is 10.6 Å². The summed E-state index contributed by atoms with van der Waals surface area (Å²) in [5.74, 6) is 2.15. The number of anilines is 2. The Morgan fingerprint density at radius 3 is 2.38 bits per heavy atom. The molecule has 5 heteroatoms. The lowest BCUT2D eigenvalue weighted by atomic mass is 9.96. The fourth-order valence-corrected chi connectivity index (χ4v) is 2.01. The average Bonchev–Trinajstić information content (AvgIpc) is 2.44. The normalized spacial score (nSPS) is 11.4. The van der Waals surface area contributed by atoms with Crippen LogP contribution in [-0.2, 0) is 12.0 Å². The Kier molecular flexibility index (Phi) is 4.40. The van der Waals surface area contributed by atoms with Crippen molar-refractivity contribution >= 4 is 11.6 Å². The number of aromatic nitrogens is 3. The Balaban J connectivity index is 2.32. The smallest absolute Gasteiger partial charge is 0.138 e. The highest BCUT2D eigenvalue weighted by Crippen LogP contribution is 2.23. The number of rotatable bonds is 4. The van der Waals surface area contributed by atoms with E-state index in [1.54, 1.807) is 12.4 Å². The van der Waals surface area contributed by atoms with Gasteiger partial charge in [-0.15, -0.1) is 0 Å². The minimum absolute atomic E-state index is 0.125. The molecular formula is C16H23N5. The number of pyridine rings is 1. The Bertz CT molecular complexity index is 589. The van der Waals surface area contributed by atoms with Crippen LogP contribution in [0.25, 0.3) is 0 Å². The van der Waals surface area contributed by atoms with E-state index in [2.05, 4.69) is 42.6 Å². The van der Waals surface area contributed by atoms with E-state index >= 15 is 0 Å². The van der Waals surface area contributed by atoms with Crippen molar-refractivity contribution in [2.75, 3.05) is 17.2 Å². The van der Waals surface area contributed by atoms with Gasteiger partial charge in [-0.2, -0.15) is 0 Å². The molecule has 0 saturated carbocycles. The third kappa shape index (κ3) is 3.90. The van der Waals surface area contributed by atoms with Crippen LogP contribution in [0.4, 0.5) is 11.6 Å². The lowest BCUT2D eigenvalue weighted by Crippen LogP contribution is -2.26. The van der Waals surface area contributed by atoms with Crippen LogP contribution in [-0.4, -0.2) is 21.5 Å². The van der Waals surface area contributed by atoms with E-state index in [1.807, 2.05) is 18.2 Å². The number of nitrogens with two attached hydrogens (primary N) is 1. The van der Waals surface area contributed by atoms with Gasteiger partial charge < -0.3 is 10.6 Å². The third-order valence-corrected chi connectivity index (χ3v) is 3.23. The predicted octanol–water partition coefficient (Wildman–Crippen LogP) is 2.78. The van der Waals surface area contributed by atoms with Crippen molar-refractivity contribution < 1.29 is 0 Å². The average molecular weight is 285 g/mol. The fraction of sp³-hybridized carbons (Fsp3) is 0.438. The first kappa shape index (κ1) is 15.2. The van der Waals surface area contributed by atoms with Gasteiger partial charge in [-0.05, 0) is 24.6 Å². The molecule has 0 unspecified atom stereocenters. The molecule has 2 aromatic rings. The lowest BCUT2D eigenvalue weighted by Gasteiger charge is -2.25. The van der Waals surface area contributed by atoms with Gasteiger partial charge in [0, 0.05) is 37.0 Å². The SMILES string of the molecule is CCN(Cc1ccncc1)c1cc(N)nc(C(C)(C)C)n1. The molecule has 112 valence electrons. The van der Waals surface area contributed by atoms with E-state index < -0.39 is 0 Å². The van der Waals surface area contributed by atoms with Gasteiger partial charge in [0.1, 0.15) is 17.5 Å². The van der Waals surface area contributed by atoms with Crippen molar-refractivity contribution in [3.05, 3.63) is 42.0 Å². The summed E-state index contributed by atoms with van der Waals surface area (Å²) < 4.78 is 0. The van der Waals surface area contributed by atoms with Crippen LogP contribution in [0.5, 0.6) is 0 Å². The minimum atomic E-state index is -0.125. The summed E-state index contributed by atoms with van der Waals surface area (Å²) >= 11 is 0. The van der Waals surface area contributed by atoms with Gasteiger partial charge in [0.2, 0.25) is 0 Å². The summed E-state index contributed by atoms with van der Waals surface area (Å²) in [5, 5.41) is 0. The maximum atomic E-state index is 5.95. The fourth-order valence-electron chi connectivity index (χ4n) is 2.01. The van der Waals surface area contributed by atoms with Gasteiger partial charge >= 0.3 is 0 Å². The zero-order valence-corrected chi connectivity index (χ0v) is 13.2. The highest BCUT2D eigenvalue weighted by Gasteiger charge is 2.20. The van der Waals surface area contributed by atoms with Gasteiger partial charge in [0.25, 0.3) is 0 Å². The molecule has 0 aliphatic carbocycles. The first-order valence-corrected chi connectivity index (χ1v) is 7.19. The van der Waals surface area contributed by atoms with Crippen molar-refractivity contribution in [1.29, 1.82) is 0 Å². The summed E-state index contributed by atoms with van der Waals surface area (Å²) in [6, 6.07) is 5.86. The molecule has 5 nitrogen and oxygen atoms in total. The van der Waals surface area contributed by atoms with Gasteiger partial charge in [-0.25, -0.2) is 9.97 Å². The van der Waals surface area contributed by atoms with E-state index in [0.29, 0.717) is 5.82 Å². The molecule has 0 radical (unpaired) electrons. The molecule has 2 heterocycles. The maximum absolute atomic E-state index is 5.95. The molecule has 0 amide bonds. The van der Waals surface area contributed by atoms with Crippen molar-refractivity contribution in [3.8, 4) is 0 Å². The van der Waals surface area contributed by atoms with Gasteiger partial charge in [-0.3, -0.25) is 4.98 Å². The Morgan fingerprint density at radius 2 is 1.81 bits per heavy atom. The van der Waals surface area contributed by atoms with Crippen LogP contribution >= 0.6 is 0 Å². The second kappa shape index (κ2) is 6.08.